The van der Waals surface area contributed by atoms with Crippen LogP contribution in [0.1, 0.15) is 35.7 Å². The van der Waals surface area contributed by atoms with E-state index in [9.17, 15) is 14.4 Å². The average molecular weight is 413 g/mol. The number of para-hydroxylation sites is 1. The number of fused-ring (bicyclic) bond motifs is 1. The third-order valence-corrected chi connectivity index (χ3v) is 5.65. The maximum Gasteiger partial charge on any atom is 0.338 e. The van der Waals surface area contributed by atoms with Crippen molar-refractivity contribution in [3.63, 3.8) is 0 Å². The average Bonchev–Trinajstić information content (AvgIpc) is 3.34. The SMILES string of the molecule is C[C@@H](OC(=O)c1ccc(Cl)c(N2CCCC2=O)c1)C(=O)N1CCc2ccccc21. The third-order valence-electron chi connectivity index (χ3n) is 5.33. The number of anilines is 2. The van der Waals surface area contributed by atoms with E-state index in [2.05, 4.69) is 0 Å². The molecular formula is C22H21ClN2O4. The van der Waals surface area contributed by atoms with Crippen LogP contribution >= 0.6 is 11.6 Å². The topological polar surface area (TPSA) is 66.9 Å². The summed E-state index contributed by atoms with van der Waals surface area (Å²) in [5.41, 5.74) is 2.72. The molecule has 0 saturated carbocycles. The summed E-state index contributed by atoms with van der Waals surface area (Å²) in [4.78, 5) is 40.7. The van der Waals surface area contributed by atoms with E-state index in [4.69, 9.17) is 16.3 Å². The molecule has 0 bridgehead atoms. The Morgan fingerprint density at radius 2 is 1.86 bits per heavy atom. The fraction of sp³-hybridized carbons (Fsp3) is 0.318. The number of halogens is 1. The summed E-state index contributed by atoms with van der Waals surface area (Å²) >= 11 is 6.23. The number of ether oxygens (including phenoxy) is 1. The van der Waals surface area contributed by atoms with Crippen LogP contribution in [0.3, 0.4) is 0 Å². The second-order valence-corrected chi connectivity index (χ2v) is 7.64. The van der Waals surface area contributed by atoms with Gasteiger partial charge in [-0.1, -0.05) is 29.8 Å². The van der Waals surface area contributed by atoms with Gasteiger partial charge in [0.05, 0.1) is 16.3 Å². The van der Waals surface area contributed by atoms with Crippen LogP contribution in [-0.2, 0) is 20.7 Å². The van der Waals surface area contributed by atoms with Gasteiger partial charge in [0.1, 0.15) is 0 Å². The van der Waals surface area contributed by atoms with Crippen molar-refractivity contribution in [2.45, 2.75) is 32.3 Å². The van der Waals surface area contributed by atoms with E-state index >= 15 is 0 Å². The second kappa shape index (κ2) is 7.87. The van der Waals surface area contributed by atoms with Gasteiger partial charge in [0.2, 0.25) is 5.91 Å². The number of amides is 2. The Bertz CT molecular complexity index is 991. The summed E-state index contributed by atoms with van der Waals surface area (Å²) in [7, 11) is 0. The van der Waals surface area contributed by atoms with Crippen molar-refractivity contribution in [2.75, 3.05) is 22.9 Å². The monoisotopic (exact) mass is 412 g/mol. The van der Waals surface area contributed by atoms with Crippen LogP contribution in [0.15, 0.2) is 42.5 Å². The number of hydrogen-bond acceptors (Lipinski definition) is 4. The van der Waals surface area contributed by atoms with Gasteiger partial charge in [0, 0.05) is 25.2 Å². The lowest BCUT2D eigenvalue weighted by Gasteiger charge is -2.22. The Hall–Kier alpha value is -2.86. The van der Waals surface area contributed by atoms with Crippen molar-refractivity contribution in [3.8, 4) is 0 Å². The Morgan fingerprint density at radius 3 is 2.62 bits per heavy atom. The van der Waals surface area contributed by atoms with E-state index in [1.54, 1.807) is 28.9 Å². The van der Waals surface area contributed by atoms with Crippen molar-refractivity contribution in [2.24, 2.45) is 0 Å². The zero-order valence-electron chi connectivity index (χ0n) is 16.1. The molecule has 1 saturated heterocycles. The predicted octanol–water partition coefficient (Wildman–Crippen LogP) is 3.60. The molecule has 29 heavy (non-hydrogen) atoms. The maximum absolute atomic E-state index is 12.8. The zero-order valence-corrected chi connectivity index (χ0v) is 16.8. The predicted molar refractivity (Wildman–Crippen MR) is 110 cm³/mol. The molecule has 0 spiro atoms. The van der Waals surface area contributed by atoms with Crippen LogP contribution in [0.25, 0.3) is 0 Å². The molecule has 0 aromatic heterocycles. The van der Waals surface area contributed by atoms with Gasteiger partial charge >= 0.3 is 5.97 Å². The number of carbonyl (C=O) groups is 3. The lowest BCUT2D eigenvalue weighted by molar-refractivity contribution is -0.126. The van der Waals surface area contributed by atoms with Crippen LogP contribution in [0.5, 0.6) is 0 Å². The lowest BCUT2D eigenvalue weighted by atomic mass is 10.2. The molecular weight excluding hydrogens is 392 g/mol. The number of benzene rings is 2. The Labute approximate surface area is 174 Å². The fourth-order valence-electron chi connectivity index (χ4n) is 3.81. The number of rotatable bonds is 4. The molecule has 0 aliphatic carbocycles. The van der Waals surface area contributed by atoms with E-state index in [0.29, 0.717) is 30.2 Å². The highest BCUT2D eigenvalue weighted by Crippen LogP contribution is 2.31. The van der Waals surface area contributed by atoms with Gasteiger partial charge in [-0.15, -0.1) is 0 Å². The van der Waals surface area contributed by atoms with Gasteiger partial charge in [-0.25, -0.2) is 4.79 Å². The van der Waals surface area contributed by atoms with Gasteiger partial charge < -0.3 is 14.5 Å². The quantitative estimate of drug-likeness (QED) is 0.719. The van der Waals surface area contributed by atoms with Crippen molar-refractivity contribution >= 4 is 40.8 Å². The van der Waals surface area contributed by atoms with Crippen LogP contribution in [0.2, 0.25) is 5.02 Å². The molecule has 2 aliphatic heterocycles. The fourth-order valence-corrected chi connectivity index (χ4v) is 4.03. The Kier molecular flexibility index (Phi) is 5.28. The van der Waals surface area contributed by atoms with Crippen molar-refractivity contribution in [3.05, 3.63) is 58.6 Å². The Balaban J connectivity index is 1.48. The van der Waals surface area contributed by atoms with Crippen molar-refractivity contribution < 1.29 is 19.1 Å². The molecule has 2 aromatic rings. The summed E-state index contributed by atoms with van der Waals surface area (Å²) < 4.78 is 5.43. The molecule has 0 unspecified atom stereocenters. The summed E-state index contributed by atoms with van der Waals surface area (Å²) in [5.74, 6) is -0.899. The number of esters is 1. The number of nitrogens with zero attached hydrogens (tertiary/aromatic N) is 2. The molecule has 7 heteroatoms. The molecule has 0 radical (unpaired) electrons. The molecule has 4 rings (SSSR count). The van der Waals surface area contributed by atoms with E-state index in [1.807, 2.05) is 24.3 Å². The molecule has 1 atom stereocenters. The van der Waals surface area contributed by atoms with Crippen LogP contribution in [0.4, 0.5) is 11.4 Å². The zero-order chi connectivity index (χ0) is 20.5. The van der Waals surface area contributed by atoms with E-state index in [1.165, 1.54) is 6.07 Å². The first-order valence-electron chi connectivity index (χ1n) is 9.66. The molecule has 2 aliphatic rings. The lowest BCUT2D eigenvalue weighted by Crippen LogP contribution is -2.39. The molecule has 150 valence electrons. The van der Waals surface area contributed by atoms with Gasteiger partial charge in [-0.2, -0.15) is 0 Å². The summed E-state index contributed by atoms with van der Waals surface area (Å²) in [5, 5.41) is 0.398. The first-order chi connectivity index (χ1) is 14.0. The maximum atomic E-state index is 12.8. The van der Waals surface area contributed by atoms with Crippen LogP contribution in [-0.4, -0.2) is 37.0 Å². The highest BCUT2D eigenvalue weighted by molar-refractivity contribution is 6.34. The minimum atomic E-state index is -0.929. The molecule has 2 heterocycles. The van der Waals surface area contributed by atoms with Gasteiger partial charge in [0.25, 0.3) is 5.91 Å². The van der Waals surface area contributed by atoms with E-state index in [0.717, 1.165) is 24.1 Å². The standard InChI is InChI=1S/C22H21ClN2O4/c1-14(21(27)25-12-10-15-5-2-3-6-18(15)25)29-22(28)16-8-9-17(23)19(13-16)24-11-4-7-20(24)26/h2-3,5-6,8-9,13-14H,4,7,10-12H2,1H3/t14-/m1/s1. The van der Waals surface area contributed by atoms with E-state index in [-0.39, 0.29) is 17.4 Å². The number of hydrogen-bond donors (Lipinski definition) is 0. The smallest absolute Gasteiger partial charge is 0.338 e. The van der Waals surface area contributed by atoms with Gasteiger partial charge in [-0.05, 0) is 49.6 Å². The molecule has 2 amide bonds. The minimum absolute atomic E-state index is 0.0198. The summed E-state index contributed by atoms with van der Waals surface area (Å²) in [6.45, 7) is 2.71. The number of carbonyl (C=O) groups excluding carboxylic acids is 3. The van der Waals surface area contributed by atoms with E-state index < -0.39 is 12.1 Å². The molecule has 1 fully saturated rings. The summed E-state index contributed by atoms with van der Waals surface area (Å²) in [6.07, 6.45) is 1.08. The van der Waals surface area contributed by atoms with Gasteiger partial charge in [0.15, 0.2) is 6.10 Å². The second-order valence-electron chi connectivity index (χ2n) is 7.23. The van der Waals surface area contributed by atoms with Crippen LogP contribution in [0, 0.1) is 0 Å². The molecule has 2 aromatic carbocycles. The first kappa shape index (κ1) is 19.5. The van der Waals surface area contributed by atoms with Crippen molar-refractivity contribution in [1.82, 2.24) is 0 Å². The van der Waals surface area contributed by atoms with Gasteiger partial charge in [-0.3, -0.25) is 9.59 Å². The largest absolute Gasteiger partial charge is 0.449 e. The third kappa shape index (κ3) is 3.72. The molecule has 6 nitrogen and oxygen atoms in total. The highest BCUT2D eigenvalue weighted by Gasteiger charge is 2.30. The Morgan fingerprint density at radius 1 is 1.07 bits per heavy atom. The minimum Gasteiger partial charge on any atom is -0.449 e. The molecule has 0 N–H and O–H groups in total. The normalized spacial score (nSPS) is 16.7. The summed E-state index contributed by atoms with van der Waals surface area (Å²) in [6, 6.07) is 12.4. The van der Waals surface area contributed by atoms with Crippen LogP contribution < -0.4 is 9.80 Å². The first-order valence-corrected chi connectivity index (χ1v) is 10.0. The van der Waals surface area contributed by atoms with Crippen molar-refractivity contribution in [1.29, 1.82) is 0 Å². The highest BCUT2D eigenvalue weighted by atomic mass is 35.5.